The summed E-state index contributed by atoms with van der Waals surface area (Å²) in [5.41, 5.74) is 14.4. The molecular weight excluding hydrogens is 667 g/mol. The SMILES string of the molecule is c1ccc(C2(c3ccccc3)c3ccccc3-c3c(N(c4cccc(-c5ccc6ccccc6c5)c4)c4ccc5oc6ccccc6c5c4)cccc32)cc1. The molecule has 0 amide bonds. The zero-order chi connectivity index (χ0) is 36.3. The van der Waals surface area contributed by atoms with Crippen LogP contribution in [0, 0.1) is 0 Å². The van der Waals surface area contributed by atoms with Crippen molar-refractivity contribution in [3.63, 3.8) is 0 Å². The Balaban J connectivity index is 1.20. The van der Waals surface area contributed by atoms with Gasteiger partial charge in [-0.05, 0) is 98.2 Å². The Morgan fingerprint density at radius 2 is 1.02 bits per heavy atom. The first-order chi connectivity index (χ1) is 27.3. The first kappa shape index (κ1) is 31.4. The van der Waals surface area contributed by atoms with Crippen molar-refractivity contribution in [3.05, 3.63) is 235 Å². The number of anilines is 3. The van der Waals surface area contributed by atoms with Gasteiger partial charge in [-0.15, -0.1) is 0 Å². The van der Waals surface area contributed by atoms with Gasteiger partial charge in [0.2, 0.25) is 0 Å². The Bertz CT molecular complexity index is 3010. The van der Waals surface area contributed by atoms with Gasteiger partial charge in [0.05, 0.1) is 11.1 Å². The summed E-state index contributed by atoms with van der Waals surface area (Å²) in [7, 11) is 0. The highest BCUT2D eigenvalue weighted by atomic mass is 16.3. The van der Waals surface area contributed by atoms with E-state index in [0.717, 1.165) is 39.0 Å². The van der Waals surface area contributed by atoms with Gasteiger partial charge in [-0.2, -0.15) is 0 Å². The quantitative estimate of drug-likeness (QED) is 0.172. The van der Waals surface area contributed by atoms with Crippen molar-refractivity contribution in [1.29, 1.82) is 0 Å². The van der Waals surface area contributed by atoms with Gasteiger partial charge in [-0.25, -0.2) is 0 Å². The molecule has 0 fully saturated rings. The second-order valence-electron chi connectivity index (χ2n) is 14.5. The number of furan rings is 1. The van der Waals surface area contributed by atoms with Crippen molar-refractivity contribution in [2.24, 2.45) is 0 Å². The van der Waals surface area contributed by atoms with Crippen LogP contribution in [0.3, 0.4) is 0 Å². The summed E-state index contributed by atoms with van der Waals surface area (Å²) in [4.78, 5) is 2.45. The van der Waals surface area contributed by atoms with E-state index in [1.54, 1.807) is 0 Å². The van der Waals surface area contributed by atoms with Crippen molar-refractivity contribution in [3.8, 4) is 22.3 Å². The Labute approximate surface area is 320 Å². The molecule has 1 heterocycles. The smallest absolute Gasteiger partial charge is 0.135 e. The fourth-order valence-electron chi connectivity index (χ4n) is 9.13. The maximum atomic E-state index is 6.34. The summed E-state index contributed by atoms with van der Waals surface area (Å²) in [5.74, 6) is 0. The minimum absolute atomic E-state index is 0.506. The zero-order valence-corrected chi connectivity index (χ0v) is 30.1. The Kier molecular flexibility index (Phi) is 7.11. The van der Waals surface area contributed by atoms with Crippen molar-refractivity contribution in [2.75, 3.05) is 4.90 Å². The van der Waals surface area contributed by atoms with E-state index in [0.29, 0.717) is 0 Å². The van der Waals surface area contributed by atoms with Crippen LogP contribution in [-0.2, 0) is 5.41 Å². The lowest BCUT2D eigenvalue weighted by atomic mass is 9.68. The number of nitrogens with zero attached hydrogens (tertiary/aromatic N) is 1. The molecule has 0 saturated carbocycles. The second-order valence-corrected chi connectivity index (χ2v) is 14.5. The van der Waals surface area contributed by atoms with Crippen molar-refractivity contribution < 1.29 is 4.42 Å². The maximum absolute atomic E-state index is 6.34. The number of hydrogen-bond donors (Lipinski definition) is 0. The molecule has 2 nitrogen and oxygen atoms in total. The number of fused-ring (bicyclic) bond motifs is 7. The molecule has 55 heavy (non-hydrogen) atoms. The van der Waals surface area contributed by atoms with Crippen molar-refractivity contribution >= 4 is 49.8 Å². The van der Waals surface area contributed by atoms with Crippen molar-refractivity contribution in [1.82, 2.24) is 0 Å². The third-order valence-electron chi connectivity index (χ3n) is 11.5. The van der Waals surface area contributed by atoms with Crippen LogP contribution in [0.4, 0.5) is 17.1 Å². The highest BCUT2D eigenvalue weighted by Gasteiger charge is 2.47. The molecule has 0 saturated heterocycles. The summed E-state index contributed by atoms with van der Waals surface area (Å²) in [6.45, 7) is 0. The number of rotatable bonds is 6. The highest BCUT2D eigenvalue weighted by molar-refractivity contribution is 6.07. The van der Waals surface area contributed by atoms with Gasteiger partial charge in [0, 0.05) is 27.7 Å². The van der Waals surface area contributed by atoms with E-state index in [1.807, 2.05) is 12.1 Å². The molecule has 0 bridgehead atoms. The second kappa shape index (κ2) is 12.5. The molecule has 11 rings (SSSR count). The zero-order valence-electron chi connectivity index (χ0n) is 30.1. The molecule has 0 spiro atoms. The molecule has 258 valence electrons. The molecule has 1 aromatic heterocycles. The third kappa shape index (κ3) is 4.82. The van der Waals surface area contributed by atoms with Gasteiger partial charge < -0.3 is 9.32 Å². The summed E-state index contributed by atoms with van der Waals surface area (Å²) in [5, 5.41) is 4.68. The lowest BCUT2D eigenvalue weighted by Crippen LogP contribution is -2.28. The van der Waals surface area contributed by atoms with E-state index in [1.165, 1.54) is 55.3 Å². The summed E-state index contributed by atoms with van der Waals surface area (Å²) < 4.78 is 6.34. The predicted octanol–water partition coefficient (Wildman–Crippen LogP) is 14.2. The lowest BCUT2D eigenvalue weighted by Gasteiger charge is -2.34. The first-order valence-corrected chi connectivity index (χ1v) is 18.9. The van der Waals surface area contributed by atoms with E-state index in [2.05, 4.69) is 205 Å². The molecule has 0 N–H and O–H groups in total. The fraction of sp³-hybridized carbons (Fsp3) is 0.0189. The van der Waals surface area contributed by atoms with Gasteiger partial charge in [0.1, 0.15) is 11.2 Å². The van der Waals surface area contributed by atoms with Crippen LogP contribution in [0.2, 0.25) is 0 Å². The lowest BCUT2D eigenvalue weighted by molar-refractivity contribution is 0.669. The van der Waals surface area contributed by atoms with Crippen LogP contribution in [0.1, 0.15) is 22.3 Å². The monoisotopic (exact) mass is 701 g/mol. The highest BCUT2D eigenvalue weighted by Crippen LogP contribution is 2.59. The van der Waals surface area contributed by atoms with Gasteiger partial charge in [0.25, 0.3) is 0 Å². The molecule has 1 aliphatic rings. The Hall–Kier alpha value is -7.16. The van der Waals surface area contributed by atoms with Crippen molar-refractivity contribution in [2.45, 2.75) is 5.41 Å². The average Bonchev–Trinajstić information content (AvgIpc) is 3.78. The molecule has 1 aliphatic carbocycles. The van der Waals surface area contributed by atoms with Crippen LogP contribution in [0.15, 0.2) is 217 Å². The van der Waals surface area contributed by atoms with E-state index >= 15 is 0 Å². The van der Waals surface area contributed by atoms with E-state index in [4.69, 9.17) is 4.42 Å². The summed E-state index contributed by atoms with van der Waals surface area (Å²) in [6.07, 6.45) is 0. The average molecular weight is 702 g/mol. The first-order valence-electron chi connectivity index (χ1n) is 18.9. The molecular formula is C53H35NO. The van der Waals surface area contributed by atoms with Gasteiger partial charge in [-0.1, -0.05) is 164 Å². The Morgan fingerprint density at radius 3 is 1.85 bits per heavy atom. The molecule has 9 aromatic carbocycles. The van der Waals surface area contributed by atoms with Crippen LogP contribution in [0.25, 0.3) is 55.0 Å². The van der Waals surface area contributed by atoms with Crippen LogP contribution in [0.5, 0.6) is 0 Å². The number of hydrogen-bond acceptors (Lipinski definition) is 2. The number of para-hydroxylation sites is 1. The minimum atomic E-state index is -0.506. The summed E-state index contributed by atoms with van der Waals surface area (Å²) in [6, 6.07) is 77.2. The Morgan fingerprint density at radius 1 is 0.382 bits per heavy atom. The van der Waals surface area contributed by atoms with E-state index in [9.17, 15) is 0 Å². The minimum Gasteiger partial charge on any atom is -0.456 e. The largest absolute Gasteiger partial charge is 0.456 e. The normalized spacial score (nSPS) is 12.9. The fourth-order valence-corrected chi connectivity index (χ4v) is 9.13. The van der Waals surface area contributed by atoms with Gasteiger partial charge in [0.15, 0.2) is 0 Å². The molecule has 2 heteroatoms. The molecule has 0 unspecified atom stereocenters. The number of benzene rings is 9. The van der Waals surface area contributed by atoms with Crippen LogP contribution in [-0.4, -0.2) is 0 Å². The van der Waals surface area contributed by atoms with Crippen LogP contribution < -0.4 is 4.90 Å². The third-order valence-corrected chi connectivity index (χ3v) is 11.5. The molecule has 0 aliphatic heterocycles. The topological polar surface area (TPSA) is 16.4 Å². The molecule has 0 atom stereocenters. The maximum Gasteiger partial charge on any atom is 0.135 e. The van der Waals surface area contributed by atoms with Gasteiger partial charge >= 0.3 is 0 Å². The van der Waals surface area contributed by atoms with E-state index in [-0.39, 0.29) is 0 Å². The predicted molar refractivity (Wildman–Crippen MR) is 229 cm³/mol. The molecule has 10 aromatic rings. The van der Waals surface area contributed by atoms with Crippen LogP contribution >= 0.6 is 0 Å². The van der Waals surface area contributed by atoms with Gasteiger partial charge in [-0.3, -0.25) is 0 Å². The molecule has 0 radical (unpaired) electrons. The standard InChI is InChI=1S/C53H35NO/c1-3-18-40(19-4-1)53(41-20-5-2-6-21-41)47-25-11-9-24-45(47)52-48(53)26-14-27-49(52)54(43-31-32-51-46(35-43)44-23-10-12-28-50(44)55-51)42-22-13-17-38(34-42)39-30-29-36-15-7-8-16-37(36)33-39/h1-35H. The summed E-state index contributed by atoms with van der Waals surface area (Å²) >= 11 is 0. The van der Waals surface area contributed by atoms with E-state index < -0.39 is 5.41 Å².